The number of anilines is 1. The molecular weight excluding hydrogens is 276 g/mol. The molecule has 1 aliphatic heterocycles. The molecule has 0 amide bonds. The van der Waals surface area contributed by atoms with E-state index in [-0.39, 0.29) is 10.6 Å². The van der Waals surface area contributed by atoms with Crippen molar-refractivity contribution in [3.8, 4) is 0 Å². The molecule has 20 heavy (non-hydrogen) atoms. The number of benzene rings is 1. The smallest absolute Gasteiger partial charge is 0.319 e. The molecule has 1 aromatic carbocycles. The lowest BCUT2D eigenvalue weighted by molar-refractivity contribution is -0.382. The Hall–Kier alpha value is -1.73. The van der Waals surface area contributed by atoms with Crippen LogP contribution in [0.15, 0.2) is 17.6 Å². The van der Waals surface area contributed by atoms with Crippen LogP contribution >= 0.6 is 11.3 Å². The molecule has 106 valence electrons. The fourth-order valence-corrected chi connectivity index (χ4v) is 3.30. The third-order valence-corrected chi connectivity index (χ3v) is 4.48. The van der Waals surface area contributed by atoms with Gasteiger partial charge in [0, 0.05) is 6.54 Å². The number of nitro benzene ring substituents is 1. The van der Waals surface area contributed by atoms with Gasteiger partial charge in [-0.05, 0) is 44.0 Å². The van der Waals surface area contributed by atoms with Gasteiger partial charge in [0.05, 0.1) is 15.1 Å². The molecule has 6 nitrogen and oxygen atoms in total. The molecule has 0 saturated carbocycles. The van der Waals surface area contributed by atoms with E-state index < -0.39 is 0 Å². The normalized spacial score (nSPS) is 18.5. The first kappa shape index (κ1) is 13.3. The zero-order valence-corrected chi connectivity index (χ0v) is 11.8. The Morgan fingerprint density at radius 3 is 3.20 bits per heavy atom. The summed E-state index contributed by atoms with van der Waals surface area (Å²) >= 11 is 1.42. The molecule has 2 aromatic rings. The highest BCUT2D eigenvalue weighted by Gasteiger charge is 2.21. The summed E-state index contributed by atoms with van der Waals surface area (Å²) in [5.41, 5.74) is 2.78. The van der Waals surface area contributed by atoms with E-state index in [9.17, 15) is 10.1 Å². The van der Waals surface area contributed by atoms with Crippen LogP contribution in [0.25, 0.3) is 10.2 Å². The number of hydrogen-bond donors (Lipinski definition) is 2. The van der Waals surface area contributed by atoms with Crippen LogP contribution < -0.4 is 10.6 Å². The third-order valence-electron chi connectivity index (χ3n) is 3.69. The minimum absolute atomic E-state index is 0.0910. The molecule has 1 atom stereocenters. The second kappa shape index (κ2) is 5.72. The lowest BCUT2D eigenvalue weighted by Gasteiger charge is -2.10. The average Bonchev–Trinajstić information content (AvgIpc) is 3.07. The van der Waals surface area contributed by atoms with Crippen molar-refractivity contribution < 1.29 is 4.92 Å². The van der Waals surface area contributed by atoms with E-state index in [1.165, 1.54) is 17.8 Å². The van der Waals surface area contributed by atoms with Crippen molar-refractivity contribution in [2.45, 2.75) is 12.8 Å². The van der Waals surface area contributed by atoms with Gasteiger partial charge in [0.2, 0.25) is 0 Å². The van der Waals surface area contributed by atoms with Gasteiger partial charge < -0.3 is 10.6 Å². The van der Waals surface area contributed by atoms with E-state index in [2.05, 4.69) is 15.6 Å². The zero-order valence-electron chi connectivity index (χ0n) is 11.0. The van der Waals surface area contributed by atoms with E-state index >= 15 is 0 Å². The second-order valence-corrected chi connectivity index (χ2v) is 5.88. The maximum Gasteiger partial charge on any atom is 0.319 e. The van der Waals surface area contributed by atoms with Gasteiger partial charge in [-0.25, -0.2) is 4.98 Å². The topological polar surface area (TPSA) is 80.1 Å². The largest absolute Gasteiger partial charge is 0.379 e. The SMILES string of the molecule is O=[N+]([O-])c1c(NCCC2CCNC2)ccc2scnc12. The molecule has 1 aliphatic rings. The third kappa shape index (κ3) is 2.59. The molecule has 0 radical (unpaired) electrons. The number of nitrogens with zero attached hydrogens (tertiary/aromatic N) is 2. The van der Waals surface area contributed by atoms with E-state index in [4.69, 9.17) is 0 Å². The van der Waals surface area contributed by atoms with Crippen molar-refractivity contribution in [3.05, 3.63) is 27.8 Å². The monoisotopic (exact) mass is 292 g/mol. The number of rotatable bonds is 5. The molecule has 1 unspecified atom stereocenters. The van der Waals surface area contributed by atoms with Crippen LogP contribution in [0.3, 0.4) is 0 Å². The lowest BCUT2D eigenvalue weighted by Crippen LogP contribution is -2.13. The Morgan fingerprint density at radius 1 is 1.55 bits per heavy atom. The van der Waals surface area contributed by atoms with Crippen LogP contribution in [0.4, 0.5) is 11.4 Å². The fourth-order valence-electron chi connectivity index (χ4n) is 2.62. The van der Waals surface area contributed by atoms with Crippen molar-refractivity contribution in [2.24, 2.45) is 5.92 Å². The van der Waals surface area contributed by atoms with Crippen LogP contribution in [0.1, 0.15) is 12.8 Å². The van der Waals surface area contributed by atoms with Crippen LogP contribution in [0.5, 0.6) is 0 Å². The predicted molar refractivity (Wildman–Crippen MR) is 80.4 cm³/mol. The summed E-state index contributed by atoms with van der Waals surface area (Å²) < 4.78 is 0.849. The average molecular weight is 292 g/mol. The predicted octanol–water partition coefficient (Wildman–Crippen LogP) is 2.62. The lowest BCUT2D eigenvalue weighted by atomic mass is 10.1. The fraction of sp³-hybridized carbons (Fsp3) is 0.462. The minimum atomic E-state index is -0.346. The van der Waals surface area contributed by atoms with Crippen LogP contribution in [-0.2, 0) is 0 Å². The maximum atomic E-state index is 11.3. The van der Waals surface area contributed by atoms with Crippen LogP contribution in [0, 0.1) is 16.0 Å². The summed E-state index contributed by atoms with van der Waals surface area (Å²) in [4.78, 5) is 15.0. The molecule has 0 aliphatic carbocycles. The maximum absolute atomic E-state index is 11.3. The summed E-state index contributed by atoms with van der Waals surface area (Å²) in [6, 6.07) is 3.67. The highest BCUT2D eigenvalue weighted by molar-refractivity contribution is 7.16. The molecule has 1 fully saturated rings. The zero-order chi connectivity index (χ0) is 13.9. The van der Waals surface area contributed by atoms with Crippen LogP contribution in [-0.4, -0.2) is 29.5 Å². The van der Waals surface area contributed by atoms with Crippen molar-refractivity contribution >= 4 is 32.9 Å². The number of thiazole rings is 1. The highest BCUT2D eigenvalue weighted by atomic mass is 32.1. The minimum Gasteiger partial charge on any atom is -0.379 e. The number of hydrogen-bond acceptors (Lipinski definition) is 6. The Labute approximate surface area is 120 Å². The van der Waals surface area contributed by atoms with Crippen molar-refractivity contribution in [1.29, 1.82) is 0 Å². The van der Waals surface area contributed by atoms with E-state index in [1.807, 2.05) is 6.07 Å². The first-order valence-electron chi connectivity index (χ1n) is 6.71. The summed E-state index contributed by atoms with van der Waals surface area (Å²) in [5, 5.41) is 17.8. The molecule has 7 heteroatoms. The number of nitrogens with one attached hydrogen (secondary N) is 2. The van der Waals surface area contributed by atoms with Gasteiger partial charge in [0.15, 0.2) is 5.52 Å². The standard InChI is InChI=1S/C13H16N4O2S/c18-17(19)13-10(1-2-11-12(13)16-8-20-11)15-6-4-9-3-5-14-7-9/h1-2,8-9,14-15H,3-7H2. The van der Waals surface area contributed by atoms with Crippen molar-refractivity contribution in [1.82, 2.24) is 10.3 Å². The molecule has 0 spiro atoms. The van der Waals surface area contributed by atoms with E-state index in [1.54, 1.807) is 11.6 Å². The molecule has 1 saturated heterocycles. The first-order valence-corrected chi connectivity index (χ1v) is 7.59. The van der Waals surface area contributed by atoms with Crippen molar-refractivity contribution in [3.63, 3.8) is 0 Å². The number of nitro groups is 1. The Morgan fingerprint density at radius 2 is 2.45 bits per heavy atom. The van der Waals surface area contributed by atoms with Gasteiger partial charge >= 0.3 is 5.69 Å². The van der Waals surface area contributed by atoms with Gasteiger partial charge in [-0.1, -0.05) is 0 Å². The van der Waals surface area contributed by atoms with Gasteiger partial charge in [0.25, 0.3) is 0 Å². The molecule has 0 bridgehead atoms. The molecule has 3 rings (SSSR count). The van der Waals surface area contributed by atoms with Crippen LogP contribution in [0.2, 0.25) is 0 Å². The first-order chi connectivity index (χ1) is 9.75. The Kier molecular flexibility index (Phi) is 3.79. The molecular formula is C13H16N4O2S. The number of fused-ring (bicyclic) bond motifs is 1. The summed E-state index contributed by atoms with van der Waals surface area (Å²) in [6.45, 7) is 2.88. The molecule has 2 heterocycles. The van der Waals surface area contributed by atoms with E-state index in [0.717, 1.165) is 30.8 Å². The number of aromatic nitrogens is 1. The summed E-state index contributed by atoms with van der Waals surface area (Å²) in [7, 11) is 0. The molecule has 2 N–H and O–H groups in total. The van der Waals surface area contributed by atoms with Gasteiger partial charge in [-0.15, -0.1) is 11.3 Å². The quantitative estimate of drug-likeness (QED) is 0.654. The second-order valence-electron chi connectivity index (χ2n) is 4.99. The van der Waals surface area contributed by atoms with Gasteiger partial charge in [0.1, 0.15) is 5.69 Å². The van der Waals surface area contributed by atoms with Gasteiger partial charge in [-0.3, -0.25) is 10.1 Å². The summed E-state index contributed by atoms with van der Waals surface area (Å²) in [6.07, 6.45) is 2.22. The highest BCUT2D eigenvalue weighted by Crippen LogP contribution is 2.34. The van der Waals surface area contributed by atoms with Gasteiger partial charge in [-0.2, -0.15) is 0 Å². The Bertz CT molecular complexity index is 622. The van der Waals surface area contributed by atoms with E-state index in [0.29, 0.717) is 17.1 Å². The molecule has 1 aromatic heterocycles. The van der Waals surface area contributed by atoms with Crippen molar-refractivity contribution in [2.75, 3.05) is 25.0 Å². The summed E-state index contributed by atoms with van der Waals surface area (Å²) in [5.74, 6) is 0.671. The Balaban J connectivity index is 1.76.